The zero-order valence-electron chi connectivity index (χ0n) is 13.9. The number of benzene rings is 2. The molecule has 1 aromatic heterocycles. The molecule has 0 saturated heterocycles. The van der Waals surface area contributed by atoms with Crippen molar-refractivity contribution in [3.63, 3.8) is 0 Å². The molecule has 134 valence electrons. The number of ether oxygens (including phenoxy) is 1. The second-order valence-corrected chi connectivity index (χ2v) is 5.67. The van der Waals surface area contributed by atoms with Crippen LogP contribution in [0.1, 0.15) is 16.1 Å². The summed E-state index contributed by atoms with van der Waals surface area (Å²) < 4.78 is 24.3. The molecule has 3 rings (SSSR count). The maximum atomic E-state index is 13.7. The lowest BCUT2D eigenvalue weighted by atomic mass is 10.1. The maximum absolute atomic E-state index is 13.7. The molecule has 1 amide bonds. The molecule has 0 aliphatic rings. The topological polar surface area (TPSA) is 88.8 Å². The summed E-state index contributed by atoms with van der Waals surface area (Å²) in [7, 11) is 1.52. The highest BCUT2D eigenvalue weighted by Crippen LogP contribution is 2.24. The number of furan rings is 1. The lowest BCUT2D eigenvalue weighted by molar-refractivity contribution is -0.139. The van der Waals surface area contributed by atoms with E-state index < -0.39 is 23.7 Å². The zero-order valence-corrected chi connectivity index (χ0v) is 13.9. The van der Waals surface area contributed by atoms with Gasteiger partial charge < -0.3 is 19.6 Å². The second kappa shape index (κ2) is 7.26. The lowest BCUT2D eigenvalue weighted by Crippen LogP contribution is -2.42. The van der Waals surface area contributed by atoms with E-state index in [1.54, 1.807) is 24.3 Å². The van der Waals surface area contributed by atoms with Gasteiger partial charge in [0.05, 0.1) is 7.11 Å². The van der Waals surface area contributed by atoms with Crippen molar-refractivity contribution in [2.45, 2.75) is 12.5 Å². The fourth-order valence-electron chi connectivity index (χ4n) is 2.57. The quantitative estimate of drug-likeness (QED) is 0.708. The molecule has 0 saturated carbocycles. The minimum Gasteiger partial charge on any atom is -0.497 e. The van der Waals surface area contributed by atoms with Crippen molar-refractivity contribution < 1.29 is 28.2 Å². The van der Waals surface area contributed by atoms with E-state index in [1.807, 2.05) is 0 Å². The van der Waals surface area contributed by atoms with Crippen LogP contribution < -0.4 is 10.1 Å². The summed E-state index contributed by atoms with van der Waals surface area (Å²) in [6.07, 6.45) is -0.179. The van der Waals surface area contributed by atoms with E-state index in [9.17, 15) is 19.1 Å². The first kappa shape index (κ1) is 17.5. The highest BCUT2D eigenvalue weighted by molar-refractivity contribution is 5.98. The number of carbonyl (C=O) groups excluding carboxylic acids is 1. The standard InChI is InChI=1S/C19H16FNO5/c1-25-13-6-7-16-12(8-13)10-17(26-16)18(22)21-15(19(23)24)9-11-4-2-3-5-14(11)20/h2-8,10,15H,9H2,1H3,(H,21,22)(H,23,24). The summed E-state index contributed by atoms with van der Waals surface area (Å²) in [5.41, 5.74) is 0.673. The van der Waals surface area contributed by atoms with Crippen LogP contribution in [-0.4, -0.2) is 30.1 Å². The molecule has 1 heterocycles. The molecular weight excluding hydrogens is 341 g/mol. The minimum atomic E-state index is -1.29. The van der Waals surface area contributed by atoms with E-state index in [2.05, 4.69) is 5.32 Å². The van der Waals surface area contributed by atoms with E-state index in [0.29, 0.717) is 16.7 Å². The van der Waals surface area contributed by atoms with Crippen molar-refractivity contribution in [3.8, 4) is 5.75 Å². The largest absolute Gasteiger partial charge is 0.497 e. The van der Waals surface area contributed by atoms with Gasteiger partial charge >= 0.3 is 5.97 Å². The molecule has 2 aromatic carbocycles. The monoisotopic (exact) mass is 357 g/mol. The number of rotatable bonds is 6. The molecule has 1 unspecified atom stereocenters. The summed E-state index contributed by atoms with van der Waals surface area (Å²) in [4.78, 5) is 23.8. The molecule has 2 N–H and O–H groups in total. The van der Waals surface area contributed by atoms with Crippen molar-refractivity contribution in [2.24, 2.45) is 0 Å². The molecule has 0 bridgehead atoms. The number of hydrogen-bond donors (Lipinski definition) is 2. The van der Waals surface area contributed by atoms with Gasteiger partial charge in [0.1, 0.15) is 23.2 Å². The smallest absolute Gasteiger partial charge is 0.326 e. The first-order valence-electron chi connectivity index (χ1n) is 7.82. The minimum absolute atomic E-state index is 0.0342. The van der Waals surface area contributed by atoms with E-state index in [0.717, 1.165) is 0 Å². The van der Waals surface area contributed by atoms with Crippen LogP contribution in [0, 0.1) is 5.82 Å². The van der Waals surface area contributed by atoms with E-state index in [-0.39, 0.29) is 17.7 Å². The highest BCUT2D eigenvalue weighted by atomic mass is 19.1. The van der Waals surface area contributed by atoms with Gasteiger partial charge in [-0.15, -0.1) is 0 Å². The fraction of sp³-hybridized carbons (Fsp3) is 0.158. The number of hydrogen-bond acceptors (Lipinski definition) is 4. The molecule has 1 atom stereocenters. The van der Waals surface area contributed by atoms with Crippen molar-refractivity contribution in [2.75, 3.05) is 7.11 Å². The van der Waals surface area contributed by atoms with Gasteiger partial charge in [0.25, 0.3) is 5.91 Å². The molecule has 3 aromatic rings. The van der Waals surface area contributed by atoms with Crippen LogP contribution in [0.3, 0.4) is 0 Å². The highest BCUT2D eigenvalue weighted by Gasteiger charge is 2.24. The number of carbonyl (C=O) groups is 2. The van der Waals surface area contributed by atoms with Crippen molar-refractivity contribution in [1.82, 2.24) is 5.32 Å². The summed E-state index contributed by atoms with van der Waals surface area (Å²) in [5, 5.41) is 12.4. The Bertz CT molecular complexity index is 965. The van der Waals surface area contributed by atoms with Crippen molar-refractivity contribution >= 4 is 22.8 Å². The van der Waals surface area contributed by atoms with Crippen LogP contribution in [-0.2, 0) is 11.2 Å². The number of aliphatic carboxylic acids is 1. The summed E-state index contributed by atoms with van der Waals surface area (Å²) in [6, 6.07) is 11.1. The Morgan fingerprint density at radius 3 is 2.69 bits per heavy atom. The average molecular weight is 357 g/mol. The average Bonchev–Trinajstić information content (AvgIpc) is 3.06. The van der Waals surface area contributed by atoms with Gasteiger partial charge in [-0.1, -0.05) is 18.2 Å². The molecular formula is C19H16FNO5. The Labute approximate surface area is 148 Å². The number of fused-ring (bicyclic) bond motifs is 1. The molecule has 0 fully saturated rings. The van der Waals surface area contributed by atoms with E-state index >= 15 is 0 Å². The third-order valence-corrected chi connectivity index (χ3v) is 3.93. The van der Waals surface area contributed by atoms with Gasteiger partial charge in [0, 0.05) is 11.8 Å². The third-order valence-electron chi connectivity index (χ3n) is 3.93. The van der Waals surface area contributed by atoms with Gasteiger partial charge in [0.2, 0.25) is 0 Å². The lowest BCUT2D eigenvalue weighted by Gasteiger charge is -2.14. The van der Waals surface area contributed by atoms with Crippen LogP contribution in [0.5, 0.6) is 5.75 Å². The number of methoxy groups -OCH3 is 1. The van der Waals surface area contributed by atoms with Gasteiger partial charge in [-0.3, -0.25) is 4.79 Å². The first-order chi connectivity index (χ1) is 12.5. The number of carboxylic acid groups (broad SMARTS) is 1. The number of carboxylic acids is 1. The summed E-state index contributed by atoms with van der Waals surface area (Å²) in [6.45, 7) is 0. The number of halogens is 1. The van der Waals surface area contributed by atoms with Crippen LogP contribution in [0.4, 0.5) is 4.39 Å². The Kier molecular flexibility index (Phi) is 4.88. The van der Waals surface area contributed by atoms with Crippen LogP contribution in [0.2, 0.25) is 0 Å². The zero-order chi connectivity index (χ0) is 18.7. The summed E-state index contributed by atoms with van der Waals surface area (Å²) in [5.74, 6) is -1.91. The Morgan fingerprint density at radius 2 is 2.00 bits per heavy atom. The Hall–Kier alpha value is -3.35. The third kappa shape index (κ3) is 3.66. The second-order valence-electron chi connectivity index (χ2n) is 5.67. The predicted octanol–water partition coefficient (Wildman–Crippen LogP) is 3.01. The van der Waals surface area contributed by atoms with Gasteiger partial charge in [-0.25, -0.2) is 9.18 Å². The van der Waals surface area contributed by atoms with E-state index in [4.69, 9.17) is 9.15 Å². The van der Waals surface area contributed by atoms with Crippen LogP contribution in [0.25, 0.3) is 11.0 Å². The van der Waals surface area contributed by atoms with Crippen LogP contribution in [0.15, 0.2) is 52.9 Å². The molecule has 0 radical (unpaired) electrons. The SMILES string of the molecule is COc1ccc2oc(C(=O)NC(Cc3ccccc3F)C(=O)O)cc2c1. The normalized spacial score (nSPS) is 11.9. The Morgan fingerprint density at radius 1 is 1.23 bits per heavy atom. The first-order valence-corrected chi connectivity index (χ1v) is 7.82. The van der Waals surface area contributed by atoms with Gasteiger partial charge in [0.15, 0.2) is 5.76 Å². The number of amides is 1. The number of nitrogens with one attached hydrogen (secondary N) is 1. The van der Waals surface area contributed by atoms with E-state index in [1.165, 1.54) is 31.4 Å². The molecule has 6 nitrogen and oxygen atoms in total. The van der Waals surface area contributed by atoms with Gasteiger partial charge in [-0.05, 0) is 35.9 Å². The molecule has 0 spiro atoms. The molecule has 26 heavy (non-hydrogen) atoms. The van der Waals surface area contributed by atoms with Crippen LogP contribution >= 0.6 is 0 Å². The van der Waals surface area contributed by atoms with Gasteiger partial charge in [-0.2, -0.15) is 0 Å². The molecule has 0 aliphatic heterocycles. The molecule has 0 aliphatic carbocycles. The summed E-state index contributed by atoms with van der Waals surface area (Å²) >= 11 is 0. The van der Waals surface area contributed by atoms with Crippen molar-refractivity contribution in [3.05, 3.63) is 65.7 Å². The maximum Gasteiger partial charge on any atom is 0.326 e. The van der Waals surface area contributed by atoms with Crippen molar-refractivity contribution in [1.29, 1.82) is 0 Å². The fourth-order valence-corrected chi connectivity index (χ4v) is 2.57. The Balaban J connectivity index is 1.80. The molecule has 7 heteroatoms. The predicted molar refractivity (Wildman–Crippen MR) is 91.8 cm³/mol.